The normalized spacial score (nSPS) is 14.9. The molecule has 3 rings (SSSR count). The Bertz CT molecular complexity index is 1070. The number of nitrogens with zero attached hydrogens (tertiary/aromatic N) is 1. The minimum atomic E-state index is -3.93. The van der Waals surface area contributed by atoms with Crippen molar-refractivity contribution in [3.63, 3.8) is 0 Å². The summed E-state index contributed by atoms with van der Waals surface area (Å²) >= 11 is 5.97. The quantitative estimate of drug-likeness (QED) is 0.476. The van der Waals surface area contributed by atoms with Crippen LogP contribution in [0.25, 0.3) is 0 Å². The molecule has 1 N–H and O–H groups in total. The van der Waals surface area contributed by atoms with Gasteiger partial charge in [-0.05, 0) is 49.2 Å². The van der Waals surface area contributed by atoms with Gasteiger partial charge in [-0.3, -0.25) is 9.10 Å². The van der Waals surface area contributed by atoms with Crippen molar-refractivity contribution in [2.24, 2.45) is 0 Å². The Labute approximate surface area is 193 Å². The number of carbonyl (C=O) groups excluding carboxylic acids is 2. The molecule has 0 bridgehead atoms. The molecule has 2 aromatic rings. The maximum Gasteiger partial charge on any atom is 0.338 e. The molecule has 0 radical (unpaired) electrons. The van der Waals surface area contributed by atoms with Gasteiger partial charge in [-0.1, -0.05) is 49.4 Å². The third-order valence-electron chi connectivity index (χ3n) is 5.45. The average molecular weight is 479 g/mol. The molecule has 1 aliphatic carbocycles. The Hall–Kier alpha value is -2.58. The monoisotopic (exact) mass is 478 g/mol. The van der Waals surface area contributed by atoms with Crippen LogP contribution in [0.3, 0.4) is 0 Å². The first-order valence-corrected chi connectivity index (χ1v) is 12.4. The summed E-state index contributed by atoms with van der Waals surface area (Å²) in [6.45, 7) is -0.408. The lowest BCUT2D eigenvalue weighted by molar-refractivity contribution is -0.125. The first-order chi connectivity index (χ1) is 15.3. The second-order valence-corrected chi connectivity index (χ2v) is 10.2. The van der Waals surface area contributed by atoms with Crippen LogP contribution in [0, 0.1) is 0 Å². The highest BCUT2D eigenvalue weighted by Crippen LogP contribution is 2.25. The van der Waals surface area contributed by atoms with Crippen LogP contribution >= 0.6 is 11.6 Å². The number of benzene rings is 2. The Balaban J connectivity index is 1.64. The predicted octanol–water partition coefficient (Wildman–Crippen LogP) is 4.16. The number of ether oxygens (including phenoxy) is 1. The molecule has 0 aliphatic heterocycles. The van der Waals surface area contributed by atoms with E-state index >= 15 is 0 Å². The maximum atomic E-state index is 13.0. The zero-order valence-electron chi connectivity index (χ0n) is 17.9. The molecule has 0 saturated heterocycles. The van der Waals surface area contributed by atoms with Crippen LogP contribution in [-0.4, -0.2) is 40.0 Å². The second kappa shape index (κ2) is 10.8. The molecule has 0 unspecified atom stereocenters. The fourth-order valence-electron chi connectivity index (χ4n) is 3.66. The molecule has 0 spiro atoms. The van der Waals surface area contributed by atoms with Crippen molar-refractivity contribution in [2.75, 3.05) is 18.0 Å². The van der Waals surface area contributed by atoms with E-state index in [0.717, 1.165) is 30.0 Å². The van der Waals surface area contributed by atoms with Gasteiger partial charge < -0.3 is 10.1 Å². The molecule has 9 heteroatoms. The van der Waals surface area contributed by atoms with Gasteiger partial charge in [-0.25, -0.2) is 13.2 Å². The van der Waals surface area contributed by atoms with Crippen LogP contribution in [0.1, 0.15) is 48.9 Å². The van der Waals surface area contributed by atoms with Gasteiger partial charge in [-0.2, -0.15) is 0 Å². The van der Waals surface area contributed by atoms with Crippen molar-refractivity contribution in [2.45, 2.75) is 49.5 Å². The lowest BCUT2D eigenvalue weighted by atomic mass is 10.1. The third-order valence-corrected chi connectivity index (χ3v) is 7.47. The summed E-state index contributed by atoms with van der Waals surface area (Å²) < 4.78 is 32.2. The molecule has 1 fully saturated rings. The summed E-state index contributed by atoms with van der Waals surface area (Å²) in [7, 11) is -2.52. The molecule has 7 nitrogen and oxygen atoms in total. The van der Waals surface area contributed by atoms with E-state index in [1.807, 2.05) is 0 Å². The van der Waals surface area contributed by atoms with Crippen molar-refractivity contribution in [1.82, 2.24) is 5.32 Å². The van der Waals surface area contributed by atoms with Crippen LogP contribution in [-0.2, 0) is 19.6 Å². The van der Waals surface area contributed by atoms with Crippen LogP contribution in [0.5, 0.6) is 0 Å². The van der Waals surface area contributed by atoms with Crippen molar-refractivity contribution >= 4 is 39.2 Å². The highest BCUT2D eigenvalue weighted by atomic mass is 35.5. The van der Waals surface area contributed by atoms with Gasteiger partial charge in [0, 0.05) is 18.1 Å². The standard InChI is InChI=1S/C23H27ClN2O5S/c1-26(20-12-7-9-18(24)15-20)32(29,30)21-13-6-8-17(14-21)23(28)31-16-22(27)25-19-10-4-2-3-5-11-19/h6-9,12-15,19H,2-5,10-11,16H2,1H3,(H,25,27). The summed E-state index contributed by atoms with van der Waals surface area (Å²) in [5, 5.41) is 3.32. The van der Waals surface area contributed by atoms with Crippen molar-refractivity contribution in [3.05, 3.63) is 59.1 Å². The fourth-order valence-corrected chi connectivity index (χ4v) is 5.08. The minimum absolute atomic E-state index is 0.0489. The van der Waals surface area contributed by atoms with E-state index in [1.54, 1.807) is 18.2 Å². The zero-order chi connectivity index (χ0) is 23.1. The molecule has 0 heterocycles. The van der Waals surface area contributed by atoms with Gasteiger partial charge in [0.2, 0.25) is 0 Å². The Kier molecular flexibility index (Phi) is 8.15. The number of amides is 1. The molecule has 32 heavy (non-hydrogen) atoms. The minimum Gasteiger partial charge on any atom is -0.452 e. The van der Waals surface area contributed by atoms with E-state index in [4.69, 9.17) is 16.3 Å². The van der Waals surface area contributed by atoms with E-state index in [9.17, 15) is 18.0 Å². The Morgan fingerprint density at radius 2 is 1.75 bits per heavy atom. The first-order valence-electron chi connectivity index (χ1n) is 10.6. The lowest BCUT2D eigenvalue weighted by Gasteiger charge is -2.20. The average Bonchev–Trinajstić information content (AvgIpc) is 3.05. The lowest BCUT2D eigenvalue weighted by Crippen LogP contribution is -2.37. The number of nitrogens with one attached hydrogen (secondary N) is 1. The summed E-state index contributed by atoms with van der Waals surface area (Å²) in [4.78, 5) is 24.5. The smallest absolute Gasteiger partial charge is 0.338 e. The predicted molar refractivity (Wildman–Crippen MR) is 123 cm³/mol. The third kappa shape index (κ3) is 6.23. The number of anilines is 1. The molecule has 1 saturated carbocycles. The van der Waals surface area contributed by atoms with E-state index < -0.39 is 22.6 Å². The first kappa shape index (κ1) is 24.1. The van der Waals surface area contributed by atoms with Crippen LogP contribution < -0.4 is 9.62 Å². The highest BCUT2D eigenvalue weighted by molar-refractivity contribution is 7.92. The van der Waals surface area contributed by atoms with Crippen LogP contribution in [0.15, 0.2) is 53.4 Å². The Morgan fingerprint density at radius 3 is 2.44 bits per heavy atom. The molecule has 0 aromatic heterocycles. The highest BCUT2D eigenvalue weighted by Gasteiger charge is 2.23. The number of halogens is 1. The zero-order valence-corrected chi connectivity index (χ0v) is 19.5. The molecule has 1 amide bonds. The van der Waals surface area contributed by atoms with Crippen molar-refractivity contribution in [1.29, 1.82) is 0 Å². The van der Waals surface area contributed by atoms with Crippen molar-refractivity contribution < 1.29 is 22.7 Å². The number of rotatable bonds is 7. The van der Waals surface area contributed by atoms with Gasteiger partial charge in [0.05, 0.1) is 16.1 Å². The number of sulfonamides is 1. The van der Waals surface area contributed by atoms with Gasteiger partial charge in [0.25, 0.3) is 15.9 Å². The van der Waals surface area contributed by atoms with Gasteiger partial charge >= 0.3 is 5.97 Å². The number of esters is 1. The van der Waals surface area contributed by atoms with Crippen LogP contribution in [0.4, 0.5) is 5.69 Å². The van der Waals surface area contributed by atoms with Gasteiger partial charge in [0.15, 0.2) is 6.61 Å². The summed E-state index contributed by atoms with van der Waals surface area (Å²) in [5.74, 6) is -1.11. The molecule has 1 aliphatic rings. The topological polar surface area (TPSA) is 92.8 Å². The van der Waals surface area contributed by atoms with Crippen LogP contribution in [0.2, 0.25) is 5.02 Å². The maximum absolute atomic E-state index is 13.0. The molecule has 0 atom stereocenters. The van der Waals surface area contributed by atoms with Gasteiger partial charge in [-0.15, -0.1) is 0 Å². The van der Waals surface area contributed by atoms with Gasteiger partial charge in [0.1, 0.15) is 0 Å². The Morgan fingerprint density at radius 1 is 1.06 bits per heavy atom. The van der Waals surface area contributed by atoms with E-state index in [0.29, 0.717) is 10.7 Å². The van der Waals surface area contributed by atoms with E-state index in [1.165, 1.54) is 50.2 Å². The van der Waals surface area contributed by atoms with Crippen molar-refractivity contribution in [3.8, 4) is 0 Å². The van der Waals surface area contributed by atoms with E-state index in [-0.39, 0.29) is 22.4 Å². The second-order valence-electron chi connectivity index (χ2n) is 7.81. The molecule has 172 valence electrons. The summed E-state index contributed by atoms with van der Waals surface area (Å²) in [6.07, 6.45) is 6.37. The molecular weight excluding hydrogens is 452 g/mol. The fraction of sp³-hybridized carbons (Fsp3) is 0.391. The number of hydrogen-bond acceptors (Lipinski definition) is 5. The molecular formula is C23H27ClN2O5S. The molecule has 2 aromatic carbocycles. The number of carbonyl (C=O) groups is 2. The number of hydrogen-bond donors (Lipinski definition) is 1. The summed E-state index contributed by atoms with van der Waals surface area (Å²) in [6, 6.07) is 12.1. The van der Waals surface area contributed by atoms with E-state index in [2.05, 4.69) is 5.32 Å². The summed E-state index contributed by atoms with van der Waals surface area (Å²) in [5.41, 5.74) is 0.438. The SMILES string of the molecule is CN(c1cccc(Cl)c1)S(=O)(=O)c1cccc(C(=O)OCC(=O)NC2CCCCCC2)c1. The largest absolute Gasteiger partial charge is 0.452 e.